The number of rotatable bonds is 8. The van der Waals surface area contributed by atoms with E-state index in [1.807, 2.05) is 18.2 Å². The molecule has 0 spiro atoms. The van der Waals surface area contributed by atoms with Crippen LogP contribution in [-0.2, 0) is 6.54 Å². The van der Waals surface area contributed by atoms with Crippen LogP contribution >= 0.6 is 0 Å². The van der Waals surface area contributed by atoms with Gasteiger partial charge in [-0.15, -0.1) is 6.58 Å². The minimum absolute atomic E-state index is 0.219. The number of pyridine rings is 1. The molecule has 4 aromatic heterocycles. The number of nitrogens with zero attached hydrogens (tertiary/aromatic N) is 10. The molecule has 0 bridgehead atoms. The molecule has 2 aliphatic rings. The molecule has 0 saturated carbocycles. The average molecular weight is 604 g/mol. The largest absolute Gasteiger partial charge is 0.371 e. The number of piperidine rings is 1. The molecule has 2 aliphatic heterocycles. The summed E-state index contributed by atoms with van der Waals surface area (Å²) in [5.74, 6) is 0.912. The molecule has 2 saturated heterocycles. The van der Waals surface area contributed by atoms with Gasteiger partial charge < -0.3 is 15.1 Å². The number of fused-ring (bicyclic) bond motifs is 1. The van der Waals surface area contributed by atoms with Gasteiger partial charge in [0.05, 0.1) is 18.4 Å². The molecule has 230 valence electrons. The number of anilines is 3. The lowest BCUT2D eigenvalue weighted by atomic mass is 10.0. The molecule has 0 amide bonds. The normalized spacial score (nSPS) is 16.7. The summed E-state index contributed by atoms with van der Waals surface area (Å²) >= 11 is 0. The van der Waals surface area contributed by atoms with Gasteiger partial charge >= 0.3 is 0 Å². The standard InChI is InChI=1S/C33H37N11O/c1-3-15-43-32(45)27-22-36-33(39-31(27)44(43)30-6-4-5-28(38-30)29-23-34-13-14-35-29)37-24-7-9-25(10-8-24)41-16-11-26(12-17-41)42-20-18-40(2)19-21-42/h3-10,13-14,22-23,26H,1,11-12,15-21H2,2H3,(H,36,37,39). The molecular formula is C33H37N11O. The fourth-order valence-electron chi connectivity index (χ4n) is 6.28. The van der Waals surface area contributed by atoms with Crippen LogP contribution in [0.5, 0.6) is 0 Å². The monoisotopic (exact) mass is 603 g/mol. The van der Waals surface area contributed by atoms with Crippen LogP contribution in [0.2, 0.25) is 0 Å². The van der Waals surface area contributed by atoms with Crippen molar-refractivity contribution < 1.29 is 0 Å². The summed E-state index contributed by atoms with van der Waals surface area (Å²) in [4.78, 5) is 43.5. The van der Waals surface area contributed by atoms with E-state index in [1.165, 1.54) is 31.6 Å². The lowest BCUT2D eigenvalue weighted by molar-refractivity contribution is 0.0982. The molecule has 6 heterocycles. The fraction of sp³-hybridized carbons (Fsp3) is 0.333. The van der Waals surface area contributed by atoms with Gasteiger partial charge in [0, 0.05) is 75.3 Å². The summed E-state index contributed by atoms with van der Waals surface area (Å²) in [6, 6.07) is 14.7. The van der Waals surface area contributed by atoms with Crippen LogP contribution in [0.3, 0.4) is 0 Å². The first kappa shape index (κ1) is 28.8. The van der Waals surface area contributed by atoms with Crippen LogP contribution in [0.25, 0.3) is 28.2 Å². The van der Waals surface area contributed by atoms with Gasteiger partial charge in [0.25, 0.3) is 5.56 Å². The van der Waals surface area contributed by atoms with Crippen molar-refractivity contribution in [1.29, 1.82) is 0 Å². The number of likely N-dealkylation sites (N-methyl/N-ethyl adjacent to an activating group) is 1. The smallest absolute Gasteiger partial charge is 0.278 e. The molecular weight excluding hydrogens is 566 g/mol. The number of hydrogen-bond donors (Lipinski definition) is 1. The van der Waals surface area contributed by atoms with Crippen molar-refractivity contribution in [3.8, 4) is 17.2 Å². The Hall–Kier alpha value is -4.94. The Kier molecular flexibility index (Phi) is 8.05. The Balaban J connectivity index is 1.11. The highest BCUT2D eigenvalue weighted by atomic mass is 16.1. The summed E-state index contributed by atoms with van der Waals surface area (Å²) in [5.41, 5.74) is 3.59. The van der Waals surface area contributed by atoms with E-state index in [0.29, 0.717) is 40.2 Å². The van der Waals surface area contributed by atoms with Crippen molar-refractivity contribution in [3.05, 3.63) is 90.3 Å². The first-order valence-electron chi connectivity index (χ1n) is 15.5. The van der Waals surface area contributed by atoms with Crippen LogP contribution in [0, 0.1) is 0 Å². The van der Waals surface area contributed by atoms with E-state index in [2.05, 4.69) is 72.9 Å². The average Bonchev–Trinajstić information content (AvgIpc) is 3.36. The van der Waals surface area contributed by atoms with Crippen LogP contribution in [0.15, 0.2) is 84.7 Å². The number of benzene rings is 1. The number of allylic oxidation sites excluding steroid dienone is 1. The molecule has 1 N–H and O–H groups in total. The molecule has 45 heavy (non-hydrogen) atoms. The van der Waals surface area contributed by atoms with E-state index < -0.39 is 0 Å². The summed E-state index contributed by atoms with van der Waals surface area (Å²) in [7, 11) is 2.21. The van der Waals surface area contributed by atoms with Crippen LogP contribution in [0.4, 0.5) is 17.3 Å². The second kappa shape index (κ2) is 12.6. The van der Waals surface area contributed by atoms with E-state index in [9.17, 15) is 4.79 Å². The maximum absolute atomic E-state index is 13.4. The van der Waals surface area contributed by atoms with E-state index in [4.69, 9.17) is 9.97 Å². The Morgan fingerprint density at radius 2 is 1.71 bits per heavy atom. The molecule has 0 aliphatic carbocycles. The fourth-order valence-corrected chi connectivity index (χ4v) is 6.28. The molecule has 5 aromatic rings. The van der Waals surface area contributed by atoms with Crippen molar-refractivity contribution in [2.24, 2.45) is 0 Å². The highest BCUT2D eigenvalue weighted by Crippen LogP contribution is 2.26. The summed E-state index contributed by atoms with van der Waals surface area (Å²) in [6.45, 7) is 10.9. The SMILES string of the molecule is C=CCn1c(=O)c2cnc(Nc3ccc(N4CCC(N5CCN(C)CC5)CC4)cc3)nc2n1-c1cccc(-c2cnccn2)n1. The third kappa shape index (κ3) is 5.94. The summed E-state index contributed by atoms with van der Waals surface area (Å²) in [5, 5.41) is 3.71. The van der Waals surface area contributed by atoms with Crippen LogP contribution < -0.4 is 15.8 Å². The van der Waals surface area contributed by atoms with Crippen molar-refractivity contribution in [2.45, 2.75) is 25.4 Å². The number of nitrogens with one attached hydrogen (secondary N) is 1. The molecule has 1 aromatic carbocycles. The van der Waals surface area contributed by atoms with Gasteiger partial charge in [0.15, 0.2) is 11.5 Å². The van der Waals surface area contributed by atoms with Gasteiger partial charge in [-0.1, -0.05) is 12.1 Å². The zero-order valence-corrected chi connectivity index (χ0v) is 25.5. The second-order valence-corrected chi connectivity index (χ2v) is 11.6. The third-order valence-electron chi connectivity index (χ3n) is 8.76. The molecule has 12 heteroatoms. The maximum atomic E-state index is 13.4. The first-order chi connectivity index (χ1) is 22.1. The van der Waals surface area contributed by atoms with Gasteiger partial charge in [0.2, 0.25) is 5.95 Å². The number of piperazine rings is 1. The number of hydrogen-bond acceptors (Lipinski definition) is 10. The van der Waals surface area contributed by atoms with Crippen LogP contribution in [0.1, 0.15) is 12.8 Å². The highest BCUT2D eigenvalue weighted by Gasteiger charge is 2.27. The van der Waals surface area contributed by atoms with E-state index >= 15 is 0 Å². The van der Waals surface area contributed by atoms with Gasteiger partial charge in [-0.3, -0.25) is 19.7 Å². The van der Waals surface area contributed by atoms with Gasteiger partial charge in [0.1, 0.15) is 11.1 Å². The lowest BCUT2D eigenvalue weighted by Gasteiger charge is -2.42. The van der Waals surface area contributed by atoms with E-state index in [0.717, 1.165) is 31.9 Å². The predicted molar refractivity (Wildman–Crippen MR) is 176 cm³/mol. The van der Waals surface area contributed by atoms with Crippen molar-refractivity contribution in [2.75, 3.05) is 56.5 Å². The third-order valence-corrected chi connectivity index (χ3v) is 8.76. The Morgan fingerprint density at radius 3 is 2.44 bits per heavy atom. The van der Waals surface area contributed by atoms with Crippen molar-refractivity contribution in [3.63, 3.8) is 0 Å². The summed E-state index contributed by atoms with van der Waals surface area (Å²) < 4.78 is 3.27. The van der Waals surface area contributed by atoms with Gasteiger partial charge in [-0.2, -0.15) is 4.98 Å². The molecule has 12 nitrogen and oxygen atoms in total. The highest BCUT2D eigenvalue weighted by molar-refractivity contribution is 5.77. The predicted octanol–water partition coefficient (Wildman–Crippen LogP) is 3.58. The first-order valence-corrected chi connectivity index (χ1v) is 15.5. The molecule has 2 fully saturated rings. The van der Waals surface area contributed by atoms with Gasteiger partial charge in [-0.25, -0.2) is 19.3 Å². The lowest BCUT2D eigenvalue weighted by Crippen LogP contribution is -2.52. The zero-order valence-electron chi connectivity index (χ0n) is 25.5. The number of aromatic nitrogens is 7. The van der Waals surface area contributed by atoms with Crippen molar-refractivity contribution >= 4 is 28.4 Å². The van der Waals surface area contributed by atoms with Gasteiger partial charge in [-0.05, 0) is 56.3 Å². The summed E-state index contributed by atoms with van der Waals surface area (Å²) in [6.07, 6.45) is 10.5. The molecule has 0 unspecified atom stereocenters. The minimum atomic E-state index is -0.219. The Labute approximate surface area is 261 Å². The second-order valence-electron chi connectivity index (χ2n) is 11.6. The van der Waals surface area contributed by atoms with Crippen molar-refractivity contribution in [1.82, 2.24) is 44.1 Å². The minimum Gasteiger partial charge on any atom is -0.371 e. The molecule has 7 rings (SSSR count). The topological polar surface area (TPSA) is 113 Å². The van der Waals surface area contributed by atoms with E-state index in [1.54, 1.807) is 40.2 Å². The Morgan fingerprint density at radius 1 is 0.911 bits per heavy atom. The van der Waals surface area contributed by atoms with E-state index in [-0.39, 0.29) is 12.1 Å². The Bertz CT molecular complexity index is 1830. The molecule has 0 atom stereocenters. The zero-order chi connectivity index (χ0) is 30.8. The molecule has 0 radical (unpaired) electrons. The van der Waals surface area contributed by atoms with Crippen LogP contribution in [-0.4, -0.2) is 96.4 Å². The quantitative estimate of drug-likeness (QED) is 0.264. The maximum Gasteiger partial charge on any atom is 0.278 e.